The highest BCUT2D eigenvalue weighted by atomic mass is 35.5. The van der Waals surface area contributed by atoms with E-state index in [0.29, 0.717) is 17.1 Å². The maximum atomic E-state index is 12.6. The zero-order valence-corrected chi connectivity index (χ0v) is 12.6. The molecule has 1 aromatic rings. The first-order valence-electron chi connectivity index (χ1n) is 6.07. The van der Waals surface area contributed by atoms with Crippen molar-refractivity contribution in [3.63, 3.8) is 0 Å². The lowest BCUT2D eigenvalue weighted by atomic mass is 10.4. The summed E-state index contributed by atoms with van der Waals surface area (Å²) in [7, 11) is -2.74. The number of hydrogen-bond donors (Lipinski definition) is 1. The summed E-state index contributed by atoms with van der Waals surface area (Å²) in [5, 5.41) is 2.67. The third-order valence-electron chi connectivity index (χ3n) is 2.95. The Kier molecular flexibility index (Phi) is 4.36. The normalized spacial score (nSPS) is 16.3. The van der Waals surface area contributed by atoms with Gasteiger partial charge in [0.1, 0.15) is 17.3 Å². The summed E-state index contributed by atoms with van der Waals surface area (Å²) in [5.74, 6) is 0.254. The predicted octanol–water partition coefficient (Wildman–Crippen LogP) is 2.49. The Morgan fingerprint density at radius 1 is 1.48 bits per heavy atom. The summed E-state index contributed by atoms with van der Waals surface area (Å²) in [6, 6.07) is 0.487. The molecule has 118 valence electrons. The first-order chi connectivity index (χ1) is 9.65. The monoisotopic (exact) mass is 343 g/mol. The summed E-state index contributed by atoms with van der Waals surface area (Å²) in [4.78, 5) is 3.45. The van der Waals surface area contributed by atoms with Crippen LogP contribution in [0.1, 0.15) is 12.8 Å². The van der Waals surface area contributed by atoms with Crippen molar-refractivity contribution >= 4 is 27.4 Å². The number of pyridine rings is 1. The zero-order valence-electron chi connectivity index (χ0n) is 11.0. The van der Waals surface area contributed by atoms with Gasteiger partial charge in [-0.1, -0.05) is 11.6 Å². The van der Waals surface area contributed by atoms with Gasteiger partial charge in [-0.05, 0) is 18.9 Å². The van der Waals surface area contributed by atoms with Gasteiger partial charge in [0, 0.05) is 19.3 Å². The Labute approximate surface area is 125 Å². The number of halogens is 4. The van der Waals surface area contributed by atoms with Crippen LogP contribution in [-0.4, -0.2) is 43.5 Å². The van der Waals surface area contributed by atoms with Crippen LogP contribution in [0.4, 0.5) is 19.0 Å². The number of anilines is 1. The fraction of sp³-hybridized carbons (Fsp3) is 0.545. The largest absolute Gasteiger partial charge is 0.402 e. The van der Waals surface area contributed by atoms with Crippen molar-refractivity contribution in [2.24, 2.45) is 0 Å². The molecule has 0 aliphatic heterocycles. The first-order valence-corrected chi connectivity index (χ1v) is 7.89. The van der Waals surface area contributed by atoms with Crippen LogP contribution in [0, 0.1) is 0 Å². The smallest absolute Gasteiger partial charge is 0.372 e. The molecule has 0 aromatic carbocycles. The third kappa shape index (κ3) is 3.78. The van der Waals surface area contributed by atoms with Crippen LogP contribution >= 0.6 is 11.6 Å². The topological polar surface area (TPSA) is 62.3 Å². The standard InChI is InChI=1S/C11H13ClF3N3O2S/c1-16-10-9(12)4-8(5-17-10)21(19,20)18(7-2-3-7)6-11(13,14)15/h4-5,7H,2-3,6H2,1H3,(H,16,17). The zero-order chi connectivity index (χ0) is 15.8. The van der Waals surface area contributed by atoms with Crippen molar-refractivity contribution < 1.29 is 21.6 Å². The quantitative estimate of drug-likeness (QED) is 0.892. The van der Waals surface area contributed by atoms with Crippen molar-refractivity contribution in [2.75, 3.05) is 18.9 Å². The van der Waals surface area contributed by atoms with Gasteiger partial charge in [0.25, 0.3) is 0 Å². The lowest BCUT2D eigenvalue weighted by Crippen LogP contribution is -2.40. The fourth-order valence-electron chi connectivity index (χ4n) is 1.83. The van der Waals surface area contributed by atoms with E-state index < -0.39 is 28.8 Å². The second-order valence-electron chi connectivity index (χ2n) is 4.65. The van der Waals surface area contributed by atoms with Crippen LogP contribution in [0.3, 0.4) is 0 Å². The number of nitrogens with one attached hydrogen (secondary N) is 1. The molecule has 5 nitrogen and oxygen atoms in total. The molecular weight excluding hydrogens is 331 g/mol. The van der Waals surface area contributed by atoms with Crippen molar-refractivity contribution in [3.05, 3.63) is 17.3 Å². The van der Waals surface area contributed by atoms with Crippen LogP contribution in [0.2, 0.25) is 5.02 Å². The van der Waals surface area contributed by atoms with Crippen LogP contribution in [-0.2, 0) is 10.0 Å². The van der Waals surface area contributed by atoms with Crippen LogP contribution in [0.5, 0.6) is 0 Å². The van der Waals surface area contributed by atoms with Gasteiger partial charge in [-0.25, -0.2) is 13.4 Å². The molecule has 0 spiro atoms. The minimum absolute atomic E-state index is 0.0290. The number of rotatable bonds is 5. The molecule has 0 atom stereocenters. The molecule has 10 heteroatoms. The molecule has 1 heterocycles. The second kappa shape index (κ2) is 5.62. The molecule has 0 bridgehead atoms. The maximum absolute atomic E-state index is 12.6. The van der Waals surface area contributed by atoms with Crippen LogP contribution in [0.15, 0.2) is 17.2 Å². The Hall–Kier alpha value is -1.06. The second-order valence-corrected chi connectivity index (χ2v) is 6.95. The minimum Gasteiger partial charge on any atom is -0.372 e. The summed E-state index contributed by atoms with van der Waals surface area (Å²) in [5.41, 5.74) is 0. The molecule has 21 heavy (non-hydrogen) atoms. The van der Waals surface area contributed by atoms with Gasteiger partial charge in [-0.3, -0.25) is 0 Å². The fourth-order valence-corrected chi connectivity index (χ4v) is 3.80. The van der Waals surface area contributed by atoms with Crippen molar-refractivity contribution in [1.29, 1.82) is 0 Å². The highest BCUT2D eigenvalue weighted by molar-refractivity contribution is 7.89. The van der Waals surface area contributed by atoms with E-state index >= 15 is 0 Å². The predicted molar refractivity (Wildman–Crippen MR) is 71.8 cm³/mol. The number of hydrogen-bond acceptors (Lipinski definition) is 4. The molecule has 1 aliphatic rings. The molecule has 2 rings (SSSR count). The SMILES string of the molecule is CNc1ncc(S(=O)(=O)N(CC(F)(F)F)C2CC2)cc1Cl. The molecule has 1 saturated carbocycles. The highest BCUT2D eigenvalue weighted by Crippen LogP contribution is 2.35. The first kappa shape index (κ1) is 16.3. The molecule has 1 fully saturated rings. The average Bonchev–Trinajstić information content (AvgIpc) is 3.18. The Morgan fingerprint density at radius 2 is 2.10 bits per heavy atom. The summed E-state index contributed by atoms with van der Waals surface area (Å²) in [6.45, 7) is -1.51. The molecule has 1 aliphatic carbocycles. The third-order valence-corrected chi connectivity index (χ3v) is 5.10. The number of sulfonamides is 1. The average molecular weight is 344 g/mol. The van der Waals surface area contributed by atoms with E-state index in [-0.39, 0.29) is 15.7 Å². The Balaban J connectivity index is 2.36. The van der Waals surface area contributed by atoms with Gasteiger partial charge in [0.05, 0.1) is 5.02 Å². The summed E-state index contributed by atoms with van der Waals surface area (Å²) >= 11 is 5.84. The van der Waals surface area contributed by atoms with Crippen LogP contribution in [0.25, 0.3) is 0 Å². The number of nitrogens with zero attached hydrogens (tertiary/aromatic N) is 2. The van der Waals surface area contributed by atoms with Gasteiger partial charge >= 0.3 is 6.18 Å². The van der Waals surface area contributed by atoms with Crippen molar-refractivity contribution in [3.8, 4) is 0 Å². The van der Waals surface area contributed by atoms with E-state index in [4.69, 9.17) is 11.6 Å². The summed E-state index contributed by atoms with van der Waals surface area (Å²) in [6.07, 6.45) is -2.76. The highest BCUT2D eigenvalue weighted by Gasteiger charge is 2.44. The van der Waals surface area contributed by atoms with E-state index in [1.165, 1.54) is 0 Å². The number of aromatic nitrogens is 1. The molecule has 0 saturated heterocycles. The molecule has 1 N–H and O–H groups in total. The molecule has 1 aromatic heterocycles. The van der Waals surface area contributed by atoms with E-state index in [9.17, 15) is 21.6 Å². The molecule has 0 radical (unpaired) electrons. The molecule has 0 amide bonds. The van der Waals surface area contributed by atoms with E-state index in [2.05, 4.69) is 10.3 Å². The van der Waals surface area contributed by atoms with E-state index in [0.717, 1.165) is 12.3 Å². The van der Waals surface area contributed by atoms with Gasteiger partial charge in [0.2, 0.25) is 10.0 Å². The van der Waals surface area contributed by atoms with Gasteiger partial charge in [-0.15, -0.1) is 0 Å². The number of alkyl halides is 3. The van der Waals surface area contributed by atoms with Crippen LogP contribution < -0.4 is 5.32 Å². The Morgan fingerprint density at radius 3 is 2.52 bits per heavy atom. The van der Waals surface area contributed by atoms with Gasteiger partial charge < -0.3 is 5.32 Å². The lowest BCUT2D eigenvalue weighted by Gasteiger charge is -2.23. The van der Waals surface area contributed by atoms with Gasteiger partial charge in [-0.2, -0.15) is 17.5 Å². The Bertz CT molecular complexity index is 632. The van der Waals surface area contributed by atoms with E-state index in [1.807, 2.05) is 0 Å². The minimum atomic E-state index is -4.60. The van der Waals surface area contributed by atoms with Crippen molar-refractivity contribution in [2.45, 2.75) is 30.0 Å². The van der Waals surface area contributed by atoms with E-state index in [1.54, 1.807) is 7.05 Å². The molecule has 0 unspecified atom stereocenters. The lowest BCUT2D eigenvalue weighted by molar-refractivity contribution is -0.137. The maximum Gasteiger partial charge on any atom is 0.402 e. The molecular formula is C11H13ClF3N3O2S. The summed E-state index contributed by atoms with van der Waals surface area (Å²) < 4.78 is 62.9. The van der Waals surface area contributed by atoms with Crippen molar-refractivity contribution in [1.82, 2.24) is 9.29 Å². The van der Waals surface area contributed by atoms with Gasteiger partial charge in [0.15, 0.2) is 0 Å².